The number of nitriles is 1. The highest BCUT2D eigenvalue weighted by Gasteiger charge is 2.06. The summed E-state index contributed by atoms with van der Waals surface area (Å²) in [5.41, 5.74) is 2.03. The number of nitrogens with zero attached hydrogens (tertiary/aromatic N) is 2. The van der Waals surface area contributed by atoms with Crippen molar-refractivity contribution >= 4 is 0 Å². The number of aryl methyl sites for hydroxylation is 1. The molecule has 16 heavy (non-hydrogen) atoms. The lowest BCUT2D eigenvalue weighted by Crippen LogP contribution is -2.24. The Kier molecular flexibility index (Phi) is 4.94. The molecule has 1 aromatic carbocycles. The molecule has 0 saturated heterocycles. The van der Waals surface area contributed by atoms with E-state index in [2.05, 4.69) is 17.9 Å². The average Bonchev–Trinajstić information content (AvgIpc) is 2.23. The maximum absolute atomic E-state index is 12.9. The van der Waals surface area contributed by atoms with Crippen LogP contribution in [0.5, 0.6) is 0 Å². The summed E-state index contributed by atoms with van der Waals surface area (Å²) in [5.74, 6) is -0.205. The van der Waals surface area contributed by atoms with Crippen molar-refractivity contribution in [2.75, 3.05) is 13.1 Å². The van der Waals surface area contributed by atoms with Crippen LogP contribution in [0.4, 0.5) is 4.39 Å². The van der Waals surface area contributed by atoms with Gasteiger partial charge in [0.25, 0.3) is 0 Å². The zero-order chi connectivity index (χ0) is 12.0. The molecule has 1 rings (SSSR count). The van der Waals surface area contributed by atoms with E-state index in [1.165, 1.54) is 12.1 Å². The van der Waals surface area contributed by atoms with Crippen molar-refractivity contribution in [3.05, 3.63) is 35.1 Å². The SMILES string of the molecule is CCCN(CC#N)Cc1ccc(F)cc1C. The highest BCUT2D eigenvalue weighted by Crippen LogP contribution is 2.12. The van der Waals surface area contributed by atoms with Gasteiger partial charge in [0.1, 0.15) is 5.82 Å². The Morgan fingerprint density at radius 2 is 2.19 bits per heavy atom. The lowest BCUT2D eigenvalue weighted by molar-refractivity contribution is 0.297. The van der Waals surface area contributed by atoms with E-state index in [4.69, 9.17) is 5.26 Å². The summed E-state index contributed by atoms with van der Waals surface area (Å²) in [4.78, 5) is 2.07. The molecule has 0 heterocycles. The second-order valence-corrected chi connectivity index (χ2v) is 3.94. The number of hydrogen-bond acceptors (Lipinski definition) is 2. The normalized spacial score (nSPS) is 10.4. The van der Waals surface area contributed by atoms with Crippen LogP contribution in [0.1, 0.15) is 24.5 Å². The van der Waals surface area contributed by atoms with Gasteiger partial charge in [0.05, 0.1) is 12.6 Å². The van der Waals surface area contributed by atoms with Gasteiger partial charge in [0.2, 0.25) is 0 Å². The zero-order valence-electron chi connectivity index (χ0n) is 9.83. The summed E-state index contributed by atoms with van der Waals surface area (Å²) in [5, 5.41) is 8.70. The molecule has 0 spiro atoms. The molecular weight excluding hydrogens is 203 g/mol. The quantitative estimate of drug-likeness (QED) is 0.713. The first-order valence-electron chi connectivity index (χ1n) is 5.51. The highest BCUT2D eigenvalue weighted by atomic mass is 19.1. The molecule has 0 aliphatic carbocycles. The third kappa shape index (κ3) is 3.63. The second-order valence-electron chi connectivity index (χ2n) is 3.94. The fourth-order valence-corrected chi connectivity index (χ4v) is 1.71. The maximum atomic E-state index is 12.9. The number of halogens is 1. The van der Waals surface area contributed by atoms with Crippen molar-refractivity contribution in [1.29, 1.82) is 5.26 Å². The van der Waals surface area contributed by atoms with Crippen LogP contribution in [0.2, 0.25) is 0 Å². The molecule has 0 unspecified atom stereocenters. The van der Waals surface area contributed by atoms with Crippen LogP contribution in [0.15, 0.2) is 18.2 Å². The van der Waals surface area contributed by atoms with E-state index in [-0.39, 0.29) is 5.82 Å². The fourth-order valence-electron chi connectivity index (χ4n) is 1.71. The molecule has 2 nitrogen and oxygen atoms in total. The molecule has 0 bridgehead atoms. The third-order valence-electron chi connectivity index (χ3n) is 2.53. The molecule has 3 heteroatoms. The monoisotopic (exact) mass is 220 g/mol. The van der Waals surface area contributed by atoms with Crippen molar-refractivity contribution in [3.8, 4) is 6.07 Å². The van der Waals surface area contributed by atoms with E-state index >= 15 is 0 Å². The average molecular weight is 220 g/mol. The predicted octanol–water partition coefficient (Wildman–Crippen LogP) is 2.87. The third-order valence-corrected chi connectivity index (χ3v) is 2.53. The van der Waals surface area contributed by atoms with Crippen molar-refractivity contribution in [1.82, 2.24) is 4.90 Å². The lowest BCUT2D eigenvalue weighted by atomic mass is 10.1. The Hall–Kier alpha value is -1.40. The molecule has 0 amide bonds. The Morgan fingerprint density at radius 1 is 1.44 bits per heavy atom. The van der Waals surface area contributed by atoms with Gasteiger partial charge in [-0.25, -0.2) is 4.39 Å². The first-order chi connectivity index (χ1) is 7.67. The minimum Gasteiger partial charge on any atom is -0.286 e. The Bertz CT molecular complexity index is 382. The molecule has 0 aromatic heterocycles. The first kappa shape index (κ1) is 12.7. The van der Waals surface area contributed by atoms with Gasteiger partial charge in [-0.05, 0) is 43.1 Å². The molecule has 0 fully saturated rings. The minimum absolute atomic E-state index is 0.205. The van der Waals surface area contributed by atoms with Crippen molar-refractivity contribution in [3.63, 3.8) is 0 Å². The molecule has 0 aliphatic heterocycles. The van der Waals surface area contributed by atoms with Crippen LogP contribution in [-0.4, -0.2) is 18.0 Å². The Labute approximate surface area is 96.3 Å². The molecule has 0 aliphatic rings. The molecule has 0 saturated carbocycles. The fraction of sp³-hybridized carbons (Fsp3) is 0.462. The molecule has 86 valence electrons. The Morgan fingerprint density at radius 3 is 2.75 bits per heavy atom. The van der Waals surface area contributed by atoms with Gasteiger partial charge >= 0.3 is 0 Å². The number of benzene rings is 1. The van der Waals surface area contributed by atoms with Gasteiger partial charge in [-0.2, -0.15) is 5.26 Å². The van der Waals surface area contributed by atoms with E-state index in [9.17, 15) is 4.39 Å². The van der Waals surface area contributed by atoms with Gasteiger partial charge < -0.3 is 0 Å². The lowest BCUT2D eigenvalue weighted by Gasteiger charge is -2.19. The van der Waals surface area contributed by atoms with E-state index in [1.54, 1.807) is 6.07 Å². The largest absolute Gasteiger partial charge is 0.286 e. The molecule has 0 atom stereocenters. The van der Waals surface area contributed by atoms with Crippen LogP contribution in [-0.2, 0) is 6.54 Å². The summed E-state index contributed by atoms with van der Waals surface area (Å²) < 4.78 is 12.9. The van der Waals surface area contributed by atoms with Gasteiger partial charge in [0, 0.05) is 6.54 Å². The number of rotatable bonds is 5. The van der Waals surface area contributed by atoms with Crippen molar-refractivity contribution in [2.45, 2.75) is 26.8 Å². The van der Waals surface area contributed by atoms with Crippen LogP contribution in [0.3, 0.4) is 0 Å². The van der Waals surface area contributed by atoms with E-state index in [0.29, 0.717) is 13.1 Å². The second kappa shape index (κ2) is 6.24. The van der Waals surface area contributed by atoms with Gasteiger partial charge in [-0.15, -0.1) is 0 Å². The summed E-state index contributed by atoms with van der Waals surface area (Å²) in [6, 6.07) is 6.96. The summed E-state index contributed by atoms with van der Waals surface area (Å²) in [6.45, 7) is 6.01. The molecule has 0 N–H and O–H groups in total. The zero-order valence-corrected chi connectivity index (χ0v) is 9.83. The van der Waals surface area contributed by atoms with Crippen LogP contribution < -0.4 is 0 Å². The summed E-state index contributed by atoms with van der Waals surface area (Å²) in [6.07, 6.45) is 1.02. The molecule has 1 aromatic rings. The van der Waals surface area contributed by atoms with Gasteiger partial charge in [-0.3, -0.25) is 4.90 Å². The van der Waals surface area contributed by atoms with E-state index < -0.39 is 0 Å². The minimum atomic E-state index is -0.205. The van der Waals surface area contributed by atoms with Crippen LogP contribution in [0.25, 0.3) is 0 Å². The standard InChI is InChI=1S/C13H17FN2/c1-3-7-16(8-6-15)10-12-4-5-13(14)9-11(12)2/h4-5,9H,3,7-8,10H2,1-2H3. The van der Waals surface area contributed by atoms with E-state index in [0.717, 1.165) is 24.1 Å². The highest BCUT2D eigenvalue weighted by molar-refractivity contribution is 5.26. The predicted molar refractivity (Wildman–Crippen MR) is 62.3 cm³/mol. The Balaban J connectivity index is 2.73. The summed E-state index contributed by atoms with van der Waals surface area (Å²) in [7, 11) is 0. The molecule has 0 radical (unpaired) electrons. The summed E-state index contributed by atoms with van der Waals surface area (Å²) >= 11 is 0. The number of hydrogen-bond donors (Lipinski definition) is 0. The van der Waals surface area contributed by atoms with Crippen molar-refractivity contribution < 1.29 is 4.39 Å². The first-order valence-corrected chi connectivity index (χ1v) is 5.51. The smallest absolute Gasteiger partial charge is 0.123 e. The van der Waals surface area contributed by atoms with Gasteiger partial charge in [0.15, 0.2) is 0 Å². The van der Waals surface area contributed by atoms with Crippen LogP contribution >= 0.6 is 0 Å². The van der Waals surface area contributed by atoms with Crippen molar-refractivity contribution in [2.24, 2.45) is 0 Å². The maximum Gasteiger partial charge on any atom is 0.123 e. The molecular formula is C13H17FN2. The van der Waals surface area contributed by atoms with Crippen LogP contribution in [0, 0.1) is 24.1 Å². The van der Waals surface area contributed by atoms with E-state index in [1.807, 2.05) is 6.92 Å². The topological polar surface area (TPSA) is 27.0 Å². The van der Waals surface area contributed by atoms with Gasteiger partial charge in [-0.1, -0.05) is 13.0 Å².